The van der Waals surface area contributed by atoms with Crippen LogP contribution in [0.1, 0.15) is 5.56 Å². The van der Waals surface area contributed by atoms with Gasteiger partial charge in [-0.15, -0.1) is 5.10 Å². The zero-order valence-electron chi connectivity index (χ0n) is 8.98. The van der Waals surface area contributed by atoms with Crippen LogP contribution in [0.3, 0.4) is 0 Å². The smallest absolute Gasteiger partial charge is 0.310 e. The minimum Gasteiger partial charge on any atom is -0.469 e. The van der Waals surface area contributed by atoms with Crippen LogP contribution >= 0.6 is 11.6 Å². The number of nitrogens with zero attached hydrogens (tertiary/aromatic N) is 3. The first kappa shape index (κ1) is 11.5. The van der Waals surface area contributed by atoms with Crippen molar-refractivity contribution in [2.45, 2.75) is 6.42 Å². The Morgan fingerprint density at radius 1 is 1.53 bits per heavy atom. The molecule has 0 fully saturated rings. The molecule has 0 aliphatic heterocycles. The molecule has 1 aromatic heterocycles. The van der Waals surface area contributed by atoms with Crippen LogP contribution in [0.2, 0.25) is 5.02 Å². The van der Waals surface area contributed by atoms with Crippen molar-refractivity contribution in [3.05, 3.63) is 28.8 Å². The fourth-order valence-electron chi connectivity index (χ4n) is 1.44. The number of aromatic nitrogens is 4. The van der Waals surface area contributed by atoms with E-state index in [0.29, 0.717) is 16.4 Å². The molecule has 6 nitrogen and oxygen atoms in total. The summed E-state index contributed by atoms with van der Waals surface area (Å²) in [6.07, 6.45) is 0.118. The molecule has 0 saturated heterocycles. The molecule has 88 valence electrons. The van der Waals surface area contributed by atoms with Crippen molar-refractivity contribution in [3.8, 4) is 11.4 Å². The van der Waals surface area contributed by atoms with Crippen LogP contribution < -0.4 is 0 Å². The van der Waals surface area contributed by atoms with Gasteiger partial charge in [0.15, 0.2) is 5.82 Å². The minimum absolute atomic E-state index is 0.118. The Kier molecular flexibility index (Phi) is 3.34. The summed E-state index contributed by atoms with van der Waals surface area (Å²) in [5.41, 5.74) is 1.44. The highest BCUT2D eigenvalue weighted by Gasteiger charge is 2.12. The Hall–Kier alpha value is -1.95. The highest BCUT2D eigenvalue weighted by molar-refractivity contribution is 6.30. The second kappa shape index (κ2) is 4.92. The van der Waals surface area contributed by atoms with Gasteiger partial charge in [0.05, 0.1) is 13.5 Å². The molecule has 0 bridgehead atoms. The van der Waals surface area contributed by atoms with E-state index in [-0.39, 0.29) is 12.4 Å². The van der Waals surface area contributed by atoms with Gasteiger partial charge in [-0.3, -0.25) is 4.79 Å². The number of rotatable bonds is 3. The van der Waals surface area contributed by atoms with E-state index >= 15 is 0 Å². The molecule has 2 aromatic rings. The molecule has 0 aliphatic carbocycles. The Morgan fingerprint density at radius 3 is 3.00 bits per heavy atom. The first-order valence-electron chi connectivity index (χ1n) is 4.80. The maximum atomic E-state index is 11.3. The molecule has 1 aromatic carbocycles. The van der Waals surface area contributed by atoms with Crippen LogP contribution in [0.5, 0.6) is 0 Å². The number of hydrogen-bond acceptors (Lipinski definition) is 5. The summed E-state index contributed by atoms with van der Waals surface area (Å²) in [7, 11) is 1.34. The van der Waals surface area contributed by atoms with Gasteiger partial charge in [0.25, 0.3) is 0 Å². The highest BCUT2D eigenvalue weighted by atomic mass is 35.5. The molecular weight excluding hydrogens is 244 g/mol. The fourth-order valence-corrected chi connectivity index (χ4v) is 1.64. The number of ether oxygens (including phenoxy) is 1. The first-order chi connectivity index (χ1) is 8.20. The summed E-state index contributed by atoms with van der Waals surface area (Å²) in [4.78, 5) is 11.3. The normalized spacial score (nSPS) is 10.2. The monoisotopic (exact) mass is 252 g/mol. The molecule has 2 rings (SSSR count). The zero-order valence-corrected chi connectivity index (χ0v) is 9.73. The number of esters is 1. The first-order valence-corrected chi connectivity index (χ1v) is 5.18. The van der Waals surface area contributed by atoms with E-state index < -0.39 is 0 Å². The number of benzene rings is 1. The highest BCUT2D eigenvalue weighted by Crippen LogP contribution is 2.23. The topological polar surface area (TPSA) is 80.8 Å². The maximum absolute atomic E-state index is 11.3. The fraction of sp³-hybridized carbons (Fsp3) is 0.200. The van der Waals surface area contributed by atoms with Gasteiger partial charge < -0.3 is 4.74 Å². The molecule has 0 saturated carbocycles. The van der Waals surface area contributed by atoms with Crippen molar-refractivity contribution in [2.24, 2.45) is 0 Å². The van der Waals surface area contributed by atoms with Crippen molar-refractivity contribution in [1.29, 1.82) is 0 Å². The lowest BCUT2D eigenvalue weighted by molar-refractivity contribution is -0.139. The van der Waals surface area contributed by atoms with E-state index in [4.69, 9.17) is 11.6 Å². The Balaban J connectivity index is 2.41. The predicted molar refractivity (Wildman–Crippen MR) is 60.3 cm³/mol. The lowest BCUT2D eigenvalue weighted by Crippen LogP contribution is -2.06. The third-order valence-electron chi connectivity index (χ3n) is 2.23. The van der Waals surface area contributed by atoms with Gasteiger partial charge in [0.2, 0.25) is 0 Å². The standard InChI is InChI=1S/C10H9ClN4O2/c1-17-9(16)5-6-4-7(11)2-3-8(6)10-12-14-15-13-10/h2-4H,5H2,1H3,(H,12,13,14,15). The molecule has 0 amide bonds. The van der Waals surface area contributed by atoms with E-state index in [0.717, 1.165) is 5.56 Å². The lowest BCUT2D eigenvalue weighted by Gasteiger charge is -2.06. The summed E-state index contributed by atoms with van der Waals surface area (Å²) in [6, 6.07) is 5.15. The van der Waals surface area contributed by atoms with Gasteiger partial charge in [-0.25, -0.2) is 5.10 Å². The van der Waals surface area contributed by atoms with Crippen molar-refractivity contribution >= 4 is 17.6 Å². The van der Waals surface area contributed by atoms with E-state index in [2.05, 4.69) is 25.4 Å². The molecule has 0 aliphatic rings. The Labute approximate surface area is 102 Å². The Morgan fingerprint density at radius 2 is 2.35 bits per heavy atom. The number of tetrazole rings is 1. The number of hydrogen-bond donors (Lipinski definition) is 1. The SMILES string of the molecule is COC(=O)Cc1cc(Cl)ccc1-c1nnn[nH]1. The number of carbonyl (C=O) groups excluding carboxylic acids is 1. The van der Waals surface area contributed by atoms with Crippen molar-refractivity contribution in [1.82, 2.24) is 20.6 Å². The average Bonchev–Trinajstić information content (AvgIpc) is 2.82. The molecule has 0 radical (unpaired) electrons. The van der Waals surface area contributed by atoms with Crippen LogP contribution in [0.25, 0.3) is 11.4 Å². The van der Waals surface area contributed by atoms with Gasteiger partial charge in [-0.05, 0) is 34.2 Å². The van der Waals surface area contributed by atoms with E-state index in [1.165, 1.54) is 7.11 Å². The van der Waals surface area contributed by atoms with E-state index in [9.17, 15) is 4.79 Å². The van der Waals surface area contributed by atoms with Crippen molar-refractivity contribution in [2.75, 3.05) is 7.11 Å². The van der Waals surface area contributed by atoms with E-state index in [1.807, 2.05) is 0 Å². The molecule has 17 heavy (non-hydrogen) atoms. The van der Waals surface area contributed by atoms with Crippen LogP contribution in [0.4, 0.5) is 0 Å². The van der Waals surface area contributed by atoms with Crippen LogP contribution in [0.15, 0.2) is 18.2 Å². The van der Waals surface area contributed by atoms with Crippen LogP contribution in [-0.4, -0.2) is 33.7 Å². The number of carbonyl (C=O) groups is 1. The molecule has 0 atom stereocenters. The molecule has 0 spiro atoms. The number of methoxy groups -OCH3 is 1. The van der Waals surface area contributed by atoms with Crippen LogP contribution in [0, 0.1) is 0 Å². The molecule has 1 N–H and O–H groups in total. The zero-order chi connectivity index (χ0) is 12.3. The van der Waals surface area contributed by atoms with Gasteiger partial charge in [0.1, 0.15) is 0 Å². The minimum atomic E-state index is -0.346. The third kappa shape index (κ3) is 2.59. The largest absolute Gasteiger partial charge is 0.469 e. The molecule has 1 heterocycles. The lowest BCUT2D eigenvalue weighted by atomic mass is 10.0. The summed E-state index contributed by atoms with van der Waals surface area (Å²) >= 11 is 5.89. The second-order valence-electron chi connectivity index (χ2n) is 3.30. The Bertz CT molecular complexity index is 527. The van der Waals surface area contributed by atoms with E-state index in [1.54, 1.807) is 18.2 Å². The molecule has 7 heteroatoms. The summed E-state index contributed by atoms with van der Waals surface area (Å²) in [5.74, 6) is 0.140. The summed E-state index contributed by atoms with van der Waals surface area (Å²) in [6.45, 7) is 0. The van der Waals surface area contributed by atoms with Crippen molar-refractivity contribution in [3.63, 3.8) is 0 Å². The molecule has 0 unspecified atom stereocenters. The number of nitrogens with one attached hydrogen (secondary N) is 1. The second-order valence-corrected chi connectivity index (χ2v) is 3.74. The van der Waals surface area contributed by atoms with Gasteiger partial charge in [-0.2, -0.15) is 0 Å². The maximum Gasteiger partial charge on any atom is 0.310 e. The summed E-state index contributed by atoms with van der Waals surface area (Å²) < 4.78 is 4.62. The number of aromatic amines is 1. The average molecular weight is 253 g/mol. The predicted octanol–water partition coefficient (Wildman–Crippen LogP) is 1.24. The van der Waals surface area contributed by atoms with Crippen molar-refractivity contribution < 1.29 is 9.53 Å². The third-order valence-corrected chi connectivity index (χ3v) is 2.47. The number of halogens is 1. The van der Waals surface area contributed by atoms with Crippen LogP contribution in [-0.2, 0) is 16.0 Å². The number of H-pyrrole nitrogens is 1. The molecular formula is C10H9ClN4O2. The van der Waals surface area contributed by atoms with Gasteiger partial charge in [-0.1, -0.05) is 11.6 Å². The van der Waals surface area contributed by atoms with Gasteiger partial charge in [0, 0.05) is 10.6 Å². The van der Waals surface area contributed by atoms with Gasteiger partial charge >= 0.3 is 5.97 Å². The summed E-state index contributed by atoms with van der Waals surface area (Å²) in [5, 5.41) is 14.0. The quantitative estimate of drug-likeness (QED) is 0.831.